The summed E-state index contributed by atoms with van der Waals surface area (Å²) >= 11 is 0. The van der Waals surface area contributed by atoms with Gasteiger partial charge in [-0.25, -0.2) is 4.39 Å². The molecule has 1 aromatic carbocycles. The molecule has 23 heavy (non-hydrogen) atoms. The van der Waals surface area contributed by atoms with Gasteiger partial charge in [-0.05, 0) is 44.0 Å². The Morgan fingerprint density at radius 2 is 1.96 bits per heavy atom. The molecule has 1 fully saturated rings. The summed E-state index contributed by atoms with van der Waals surface area (Å²) in [6.07, 6.45) is 4.25. The van der Waals surface area contributed by atoms with Crippen LogP contribution in [0, 0.1) is 12.7 Å². The summed E-state index contributed by atoms with van der Waals surface area (Å²) in [4.78, 5) is 17.0. The molecule has 0 unspecified atom stereocenters. The number of amides is 1. The second kappa shape index (κ2) is 5.11. The minimum Gasteiger partial charge on any atom is -0.365 e. The van der Waals surface area contributed by atoms with Gasteiger partial charge in [-0.2, -0.15) is 0 Å². The SMILES string of the molecule is Cc1c(C(=O)N2CCN(C3CC3)c3ccc(F)cc32)ccn1C. The summed E-state index contributed by atoms with van der Waals surface area (Å²) in [7, 11) is 1.92. The van der Waals surface area contributed by atoms with Crippen molar-refractivity contribution in [2.75, 3.05) is 22.9 Å². The molecule has 0 bridgehead atoms. The smallest absolute Gasteiger partial charge is 0.260 e. The topological polar surface area (TPSA) is 28.5 Å². The Balaban J connectivity index is 1.75. The van der Waals surface area contributed by atoms with Crippen molar-refractivity contribution in [1.82, 2.24) is 4.57 Å². The second-order valence-corrected chi connectivity index (χ2v) is 6.44. The molecule has 0 saturated heterocycles. The zero-order chi connectivity index (χ0) is 16.1. The molecule has 0 atom stereocenters. The van der Waals surface area contributed by atoms with E-state index in [4.69, 9.17) is 0 Å². The van der Waals surface area contributed by atoms with Gasteiger partial charge in [0.05, 0.1) is 16.9 Å². The highest BCUT2D eigenvalue weighted by Crippen LogP contribution is 2.40. The van der Waals surface area contributed by atoms with Gasteiger partial charge >= 0.3 is 0 Å². The maximum absolute atomic E-state index is 13.8. The number of nitrogens with zero attached hydrogens (tertiary/aromatic N) is 3. The number of anilines is 2. The molecular formula is C18H20FN3O. The van der Waals surface area contributed by atoms with E-state index in [0.717, 1.165) is 17.9 Å². The lowest BCUT2D eigenvalue weighted by Gasteiger charge is -2.38. The third-order valence-electron chi connectivity index (χ3n) is 4.95. The minimum absolute atomic E-state index is 0.0506. The molecule has 1 saturated carbocycles. The quantitative estimate of drug-likeness (QED) is 0.852. The van der Waals surface area contributed by atoms with Crippen molar-refractivity contribution in [2.24, 2.45) is 7.05 Å². The van der Waals surface area contributed by atoms with Gasteiger partial charge in [0.15, 0.2) is 0 Å². The van der Waals surface area contributed by atoms with Crippen molar-refractivity contribution in [3.63, 3.8) is 0 Å². The Morgan fingerprint density at radius 3 is 2.61 bits per heavy atom. The van der Waals surface area contributed by atoms with Crippen molar-refractivity contribution in [1.29, 1.82) is 0 Å². The van der Waals surface area contributed by atoms with Crippen LogP contribution in [0.15, 0.2) is 30.5 Å². The lowest BCUT2D eigenvalue weighted by molar-refractivity contribution is 0.0986. The number of benzene rings is 1. The molecule has 4 rings (SSSR count). The molecule has 4 nitrogen and oxygen atoms in total. The molecule has 1 aromatic heterocycles. The van der Waals surface area contributed by atoms with Crippen molar-refractivity contribution >= 4 is 17.3 Å². The monoisotopic (exact) mass is 313 g/mol. The Kier molecular flexibility index (Phi) is 3.18. The van der Waals surface area contributed by atoms with Crippen molar-refractivity contribution < 1.29 is 9.18 Å². The highest BCUT2D eigenvalue weighted by molar-refractivity contribution is 6.09. The van der Waals surface area contributed by atoms with Gasteiger partial charge < -0.3 is 14.4 Å². The summed E-state index contributed by atoms with van der Waals surface area (Å²) < 4.78 is 15.7. The Morgan fingerprint density at radius 1 is 1.17 bits per heavy atom. The highest BCUT2D eigenvalue weighted by Gasteiger charge is 2.36. The first-order valence-electron chi connectivity index (χ1n) is 8.06. The summed E-state index contributed by atoms with van der Waals surface area (Å²) in [5.74, 6) is -0.352. The lowest BCUT2D eigenvalue weighted by atomic mass is 10.1. The van der Waals surface area contributed by atoms with E-state index in [-0.39, 0.29) is 11.7 Å². The molecule has 2 aromatic rings. The van der Waals surface area contributed by atoms with Crippen LogP contribution in [0.4, 0.5) is 15.8 Å². The third-order valence-corrected chi connectivity index (χ3v) is 4.95. The maximum Gasteiger partial charge on any atom is 0.260 e. The molecule has 2 aliphatic rings. The van der Waals surface area contributed by atoms with Crippen LogP contribution in [0.3, 0.4) is 0 Å². The maximum atomic E-state index is 13.8. The number of carbonyl (C=O) groups excluding carboxylic acids is 1. The Bertz CT molecular complexity index is 779. The van der Waals surface area contributed by atoms with Crippen LogP contribution in [0.2, 0.25) is 0 Å². The van der Waals surface area contributed by atoms with E-state index in [9.17, 15) is 9.18 Å². The fourth-order valence-corrected chi connectivity index (χ4v) is 3.36. The number of carbonyl (C=O) groups is 1. The molecule has 1 amide bonds. The normalized spacial score (nSPS) is 17.3. The fraction of sp³-hybridized carbons (Fsp3) is 0.389. The summed E-state index contributed by atoms with van der Waals surface area (Å²) in [6, 6.07) is 7.16. The predicted octanol–water partition coefficient (Wildman–Crippen LogP) is 3.10. The van der Waals surface area contributed by atoms with Crippen LogP contribution in [-0.4, -0.2) is 29.6 Å². The third kappa shape index (κ3) is 2.31. The van der Waals surface area contributed by atoms with Crippen molar-refractivity contribution in [3.8, 4) is 0 Å². The molecule has 0 radical (unpaired) electrons. The summed E-state index contributed by atoms with van der Waals surface area (Å²) in [5, 5.41) is 0. The molecule has 5 heteroatoms. The standard InChI is InChI=1S/C18H20FN3O/c1-12-15(7-8-20(12)2)18(23)22-10-9-21(14-4-5-14)16-6-3-13(19)11-17(16)22/h3,6-8,11,14H,4-5,9-10H2,1-2H3. The molecule has 2 heterocycles. The number of hydrogen-bond acceptors (Lipinski definition) is 2. The zero-order valence-electron chi connectivity index (χ0n) is 13.4. The van der Waals surface area contributed by atoms with Gasteiger partial charge in [0.25, 0.3) is 5.91 Å². The second-order valence-electron chi connectivity index (χ2n) is 6.44. The minimum atomic E-state index is -0.302. The number of rotatable bonds is 2. The summed E-state index contributed by atoms with van der Waals surface area (Å²) in [6.45, 7) is 3.33. The highest BCUT2D eigenvalue weighted by atomic mass is 19.1. The molecule has 1 aliphatic heterocycles. The van der Waals surface area contributed by atoms with E-state index < -0.39 is 0 Å². The molecule has 0 spiro atoms. The van der Waals surface area contributed by atoms with Crippen LogP contribution >= 0.6 is 0 Å². The Labute approximate surface area is 135 Å². The van der Waals surface area contributed by atoms with Crippen LogP contribution in [-0.2, 0) is 7.05 Å². The number of halogens is 1. The van der Waals surface area contributed by atoms with Crippen LogP contribution in [0.25, 0.3) is 0 Å². The van der Waals surface area contributed by atoms with Crippen LogP contribution in [0.5, 0.6) is 0 Å². The largest absolute Gasteiger partial charge is 0.365 e. The average molecular weight is 313 g/mol. The van der Waals surface area contributed by atoms with Gasteiger partial charge in [0.2, 0.25) is 0 Å². The van der Waals surface area contributed by atoms with Gasteiger partial charge in [-0.15, -0.1) is 0 Å². The van der Waals surface area contributed by atoms with E-state index in [1.807, 2.05) is 30.8 Å². The van der Waals surface area contributed by atoms with E-state index in [1.54, 1.807) is 11.0 Å². The van der Waals surface area contributed by atoms with Gasteiger partial charge in [-0.3, -0.25) is 4.79 Å². The zero-order valence-corrected chi connectivity index (χ0v) is 13.4. The molecule has 120 valence electrons. The predicted molar refractivity (Wildman–Crippen MR) is 88.6 cm³/mol. The van der Waals surface area contributed by atoms with Gasteiger partial charge in [0.1, 0.15) is 5.82 Å². The lowest BCUT2D eigenvalue weighted by Crippen LogP contribution is -2.45. The number of hydrogen-bond donors (Lipinski definition) is 0. The van der Waals surface area contributed by atoms with Crippen LogP contribution < -0.4 is 9.80 Å². The first-order valence-corrected chi connectivity index (χ1v) is 8.06. The molecule has 0 N–H and O–H groups in total. The van der Waals surface area contributed by atoms with E-state index in [0.29, 0.717) is 23.8 Å². The van der Waals surface area contributed by atoms with E-state index in [2.05, 4.69) is 4.90 Å². The van der Waals surface area contributed by atoms with Gasteiger partial charge in [-0.1, -0.05) is 0 Å². The number of fused-ring (bicyclic) bond motifs is 1. The average Bonchev–Trinajstić information content (AvgIpc) is 3.32. The first kappa shape index (κ1) is 14.3. The fourth-order valence-electron chi connectivity index (χ4n) is 3.36. The number of aromatic nitrogens is 1. The van der Waals surface area contributed by atoms with Crippen LogP contribution in [0.1, 0.15) is 28.9 Å². The van der Waals surface area contributed by atoms with Crippen molar-refractivity contribution in [2.45, 2.75) is 25.8 Å². The molecule has 1 aliphatic carbocycles. The van der Waals surface area contributed by atoms with Gasteiger partial charge in [0, 0.05) is 38.1 Å². The summed E-state index contributed by atoms with van der Waals surface area (Å²) in [5.41, 5.74) is 3.28. The first-order chi connectivity index (χ1) is 11.1. The number of aryl methyl sites for hydroxylation is 1. The van der Waals surface area contributed by atoms with E-state index in [1.165, 1.54) is 25.0 Å². The molecular weight excluding hydrogens is 293 g/mol. The van der Waals surface area contributed by atoms with E-state index >= 15 is 0 Å². The van der Waals surface area contributed by atoms with Crippen molar-refractivity contribution in [3.05, 3.63) is 47.5 Å². The Hall–Kier alpha value is -2.30.